The lowest BCUT2D eigenvalue weighted by Gasteiger charge is -2.33. The van der Waals surface area contributed by atoms with Crippen molar-refractivity contribution in [3.05, 3.63) is 47.8 Å². The van der Waals surface area contributed by atoms with Crippen molar-refractivity contribution in [2.45, 2.75) is 19.5 Å². The molecule has 1 fully saturated rings. The van der Waals surface area contributed by atoms with Crippen molar-refractivity contribution in [2.24, 2.45) is 0 Å². The zero-order chi connectivity index (χ0) is 14.8. The SMILES string of the molecule is C[C@@H]1CNCCN1Cc1ccn(-c2ccc(F)cc2F)n1.Cl. The molecule has 4 nitrogen and oxygen atoms in total. The zero-order valence-electron chi connectivity index (χ0n) is 12.3. The Labute approximate surface area is 134 Å². The number of nitrogens with zero attached hydrogens (tertiary/aromatic N) is 3. The maximum Gasteiger partial charge on any atom is 0.151 e. The molecule has 120 valence electrons. The molecule has 7 heteroatoms. The van der Waals surface area contributed by atoms with Crippen LogP contribution in [0.25, 0.3) is 5.69 Å². The summed E-state index contributed by atoms with van der Waals surface area (Å²) in [6.45, 7) is 5.81. The normalized spacial score (nSPS) is 19.0. The van der Waals surface area contributed by atoms with Gasteiger partial charge in [0.2, 0.25) is 0 Å². The Bertz CT molecular complexity index is 632. The van der Waals surface area contributed by atoms with Gasteiger partial charge in [0.25, 0.3) is 0 Å². The van der Waals surface area contributed by atoms with E-state index in [2.05, 4.69) is 22.2 Å². The molecule has 0 bridgehead atoms. The van der Waals surface area contributed by atoms with Gasteiger partial charge in [0.05, 0.1) is 5.69 Å². The van der Waals surface area contributed by atoms with E-state index in [0.717, 1.165) is 37.9 Å². The van der Waals surface area contributed by atoms with E-state index in [4.69, 9.17) is 0 Å². The van der Waals surface area contributed by atoms with E-state index in [9.17, 15) is 8.78 Å². The Morgan fingerprint density at radius 3 is 2.86 bits per heavy atom. The van der Waals surface area contributed by atoms with E-state index < -0.39 is 11.6 Å². The molecule has 1 aliphatic heterocycles. The summed E-state index contributed by atoms with van der Waals surface area (Å²) >= 11 is 0. The molecule has 0 amide bonds. The molecule has 0 unspecified atom stereocenters. The second-order valence-electron chi connectivity index (χ2n) is 5.37. The summed E-state index contributed by atoms with van der Waals surface area (Å²) in [7, 11) is 0. The van der Waals surface area contributed by atoms with Crippen LogP contribution < -0.4 is 5.32 Å². The topological polar surface area (TPSA) is 33.1 Å². The highest BCUT2D eigenvalue weighted by Crippen LogP contribution is 2.15. The lowest BCUT2D eigenvalue weighted by molar-refractivity contribution is 0.163. The lowest BCUT2D eigenvalue weighted by atomic mass is 10.2. The number of hydrogen-bond acceptors (Lipinski definition) is 3. The second kappa shape index (κ2) is 7.17. The van der Waals surface area contributed by atoms with Crippen LogP contribution in [-0.4, -0.2) is 40.4 Å². The van der Waals surface area contributed by atoms with Gasteiger partial charge in [0.15, 0.2) is 5.82 Å². The molecule has 1 aromatic carbocycles. The highest BCUT2D eigenvalue weighted by atomic mass is 35.5. The van der Waals surface area contributed by atoms with Gasteiger partial charge in [-0.3, -0.25) is 4.90 Å². The van der Waals surface area contributed by atoms with Gasteiger partial charge in [-0.05, 0) is 25.1 Å². The van der Waals surface area contributed by atoms with Crippen molar-refractivity contribution in [3.8, 4) is 5.69 Å². The van der Waals surface area contributed by atoms with E-state index >= 15 is 0 Å². The largest absolute Gasteiger partial charge is 0.314 e. The smallest absolute Gasteiger partial charge is 0.151 e. The summed E-state index contributed by atoms with van der Waals surface area (Å²) < 4.78 is 28.1. The maximum absolute atomic E-state index is 13.7. The van der Waals surface area contributed by atoms with Crippen molar-refractivity contribution in [2.75, 3.05) is 19.6 Å². The van der Waals surface area contributed by atoms with Crippen LogP contribution in [0.4, 0.5) is 8.78 Å². The van der Waals surface area contributed by atoms with Gasteiger partial charge in [0, 0.05) is 44.5 Å². The van der Waals surface area contributed by atoms with Crippen molar-refractivity contribution < 1.29 is 8.78 Å². The van der Waals surface area contributed by atoms with Crippen molar-refractivity contribution in [3.63, 3.8) is 0 Å². The van der Waals surface area contributed by atoms with Crippen LogP contribution in [0.2, 0.25) is 0 Å². The number of piperazine rings is 1. The summed E-state index contributed by atoms with van der Waals surface area (Å²) in [6, 6.07) is 5.83. The van der Waals surface area contributed by atoms with Gasteiger partial charge in [-0.2, -0.15) is 5.10 Å². The van der Waals surface area contributed by atoms with Crippen molar-refractivity contribution in [1.82, 2.24) is 20.0 Å². The molecule has 3 rings (SSSR count). The summed E-state index contributed by atoms with van der Waals surface area (Å²) in [5.74, 6) is -1.20. The van der Waals surface area contributed by atoms with Gasteiger partial charge in [0.1, 0.15) is 11.5 Å². The van der Waals surface area contributed by atoms with E-state index in [-0.39, 0.29) is 18.1 Å². The number of rotatable bonds is 3. The predicted molar refractivity (Wildman–Crippen MR) is 83.5 cm³/mol. The standard InChI is InChI=1S/C15H18F2N4.ClH/c1-11-9-18-5-7-20(11)10-13-4-6-21(19-13)15-3-2-12(16)8-14(15)17;/h2-4,6,8,11,18H,5,7,9-10H2,1H3;1H/t11-;/m1./s1. The third kappa shape index (κ3) is 3.63. The molecule has 1 N–H and O–H groups in total. The summed E-state index contributed by atoms with van der Waals surface area (Å²) in [4.78, 5) is 2.34. The molecule has 1 saturated heterocycles. The monoisotopic (exact) mass is 328 g/mol. The minimum atomic E-state index is -0.611. The molecule has 1 aliphatic rings. The van der Waals surface area contributed by atoms with Gasteiger partial charge in [-0.25, -0.2) is 13.5 Å². The number of halogens is 3. The van der Waals surface area contributed by atoms with Crippen molar-refractivity contribution >= 4 is 12.4 Å². The highest BCUT2D eigenvalue weighted by molar-refractivity contribution is 5.85. The van der Waals surface area contributed by atoms with Crippen LogP contribution in [0, 0.1) is 11.6 Å². The summed E-state index contributed by atoms with van der Waals surface area (Å²) in [6.07, 6.45) is 1.71. The van der Waals surface area contributed by atoms with Crippen LogP contribution in [0.5, 0.6) is 0 Å². The minimum Gasteiger partial charge on any atom is -0.314 e. The van der Waals surface area contributed by atoms with Crippen LogP contribution in [0.1, 0.15) is 12.6 Å². The Balaban J connectivity index is 0.00000176. The van der Waals surface area contributed by atoms with E-state index in [1.807, 2.05) is 6.07 Å². The van der Waals surface area contributed by atoms with Crippen molar-refractivity contribution in [1.29, 1.82) is 0 Å². The first-order chi connectivity index (χ1) is 10.1. The van der Waals surface area contributed by atoms with Gasteiger partial charge in [-0.15, -0.1) is 12.4 Å². The van der Waals surface area contributed by atoms with Gasteiger partial charge < -0.3 is 5.32 Å². The molecule has 1 atom stereocenters. The van der Waals surface area contributed by atoms with Gasteiger partial charge in [-0.1, -0.05) is 0 Å². The average molecular weight is 329 g/mol. The highest BCUT2D eigenvalue weighted by Gasteiger charge is 2.19. The molecular formula is C15H19ClF2N4. The molecule has 2 aromatic rings. The fourth-order valence-corrected chi connectivity index (χ4v) is 2.57. The predicted octanol–water partition coefficient (Wildman–Crippen LogP) is 2.37. The quantitative estimate of drug-likeness (QED) is 0.939. The average Bonchev–Trinajstić information content (AvgIpc) is 2.90. The summed E-state index contributed by atoms with van der Waals surface area (Å²) in [5, 5.41) is 7.73. The molecule has 0 spiro atoms. The molecule has 22 heavy (non-hydrogen) atoms. The van der Waals surface area contributed by atoms with E-state index in [1.54, 1.807) is 6.20 Å². The molecule has 2 heterocycles. The number of hydrogen-bond donors (Lipinski definition) is 1. The summed E-state index contributed by atoms with van der Waals surface area (Å²) in [5.41, 5.74) is 1.14. The van der Waals surface area contributed by atoms with E-state index in [0.29, 0.717) is 6.04 Å². The van der Waals surface area contributed by atoms with Gasteiger partial charge >= 0.3 is 0 Å². The number of benzene rings is 1. The lowest BCUT2D eigenvalue weighted by Crippen LogP contribution is -2.49. The Morgan fingerprint density at radius 2 is 2.14 bits per heavy atom. The third-order valence-corrected chi connectivity index (χ3v) is 3.80. The fourth-order valence-electron chi connectivity index (χ4n) is 2.57. The first-order valence-electron chi connectivity index (χ1n) is 7.08. The first-order valence-corrected chi connectivity index (χ1v) is 7.08. The van der Waals surface area contributed by atoms with Crippen LogP contribution in [0.15, 0.2) is 30.5 Å². The first kappa shape index (κ1) is 16.9. The Kier molecular flexibility index (Phi) is 5.50. The molecule has 0 saturated carbocycles. The van der Waals surface area contributed by atoms with Crippen LogP contribution in [-0.2, 0) is 6.54 Å². The number of nitrogens with one attached hydrogen (secondary N) is 1. The number of aromatic nitrogens is 2. The Morgan fingerprint density at radius 1 is 1.32 bits per heavy atom. The maximum atomic E-state index is 13.7. The molecular weight excluding hydrogens is 310 g/mol. The molecule has 0 radical (unpaired) electrons. The fraction of sp³-hybridized carbons (Fsp3) is 0.400. The van der Waals surface area contributed by atoms with E-state index in [1.165, 1.54) is 16.8 Å². The molecule has 0 aliphatic carbocycles. The minimum absolute atomic E-state index is 0. The van der Waals surface area contributed by atoms with Crippen LogP contribution in [0.3, 0.4) is 0 Å². The molecule has 1 aromatic heterocycles. The second-order valence-corrected chi connectivity index (χ2v) is 5.37. The third-order valence-electron chi connectivity index (χ3n) is 3.80. The Hall–Kier alpha value is -1.50. The van der Waals surface area contributed by atoms with Crippen LogP contribution >= 0.6 is 12.4 Å². The zero-order valence-corrected chi connectivity index (χ0v) is 13.1.